The van der Waals surface area contributed by atoms with Gasteiger partial charge in [0.2, 0.25) is 43.2 Å². The Morgan fingerprint density at radius 2 is 1.37 bits per heavy atom. The predicted molar refractivity (Wildman–Crippen MR) is 99.5 cm³/mol. The smallest absolute Gasteiger partial charge is 0.193 e. The maximum absolute atomic E-state index is 5.20. The first-order chi connectivity index (χ1) is 18.1. The van der Waals surface area contributed by atoms with E-state index in [2.05, 4.69) is 50.8 Å². The summed E-state index contributed by atoms with van der Waals surface area (Å²) < 4.78 is 9.10. The molecule has 1 rings (SSSR count). The highest BCUT2D eigenvalue weighted by molar-refractivity contribution is 14.1. The SMILES string of the molecule is CO[N+]1(ON)ON(ON(ON)ON(ON)OI)O[N+](ON)(O[N+](ON)(OI)ONON)O[N+](OC)(ON)O1. The number of hydrogen-bond acceptors (Lipinski definition) is 30. The number of nitrogens with two attached hydrogens (primary N) is 7. The molecular formula is C2H21I2N15O19+4. The fourth-order valence-electron chi connectivity index (χ4n) is 1.38. The zero-order chi connectivity index (χ0) is 28.9. The van der Waals surface area contributed by atoms with E-state index in [-0.39, 0.29) is 10.8 Å². The van der Waals surface area contributed by atoms with Crippen LogP contribution in [0, 0.1) is 0 Å². The average Bonchev–Trinajstić information content (AvgIpc) is 2.95. The molecule has 0 aromatic heterocycles. The summed E-state index contributed by atoms with van der Waals surface area (Å²) in [5.74, 6) is 35.1. The van der Waals surface area contributed by atoms with Crippen molar-refractivity contribution in [2.45, 2.75) is 0 Å². The zero-order valence-electron chi connectivity index (χ0n) is 18.2. The van der Waals surface area contributed by atoms with Crippen LogP contribution in [0.1, 0.15) is 0 Å². The fourth-order valence-corrected chi connectivity index (χ4v) is 1.79. The topological polar surface area (TPSA) is 379 Å². The number of nitrogens with zero attached hydrogens (tertiary/aromatic N) is 7. The van der Waals surface area contributed by atoms with Crippen LogP contribution in [0.5, 0.6) is 0 Å². The minimum absolute atomic E-state index is 0.00408. The van der Waals surface area contributed by atoms with Crippen molar-refractivity contribution in [1.82, 2.24) is 21.8 Å². The molecule has 15 N–H and O–H groups in total. The molecule has 38 heavy (non-hydrogen) atoms. The van der Waals surface area contributed by atoms with Crippen molar-refractivity contribution in [2.24, 2.45) is 41.3 Å². The van der Waals surface area contributed by atoms with Gasteiger partial charge in [0.1, 0.15) is 48.0 Å². The Balaban J connectivity index is 3.58. The van der Waals surface area contributed by atoms with Gasteiger partial charge in [0.15, 0.2) is 0 Å². The van der Waals surface area contributed by atoms with Crippen molar-refractivity contribution in [3.63, 3.8) is 0 Å². The molecule has 36 heteroatoms. The van der Waals surface area contributed by atoms with Crippen LogP contribution in [0.4, 0.5) is 0 Å². The third kappa shape index (κ3) is 9.59. The van der Waals surface area contributed by atoms with E-state index >= 15 is 0 Å². The number of hydrogen-bond donors (Lipinski definition) is 8. The molecule has 1 saturated heterocycles. The molecule has 1 aliphatic heterocycles. The Morgan fingerprint density at radius 3 is 1.79 bits per heavy atom. The second-order valence-corrected chi connectivity index (χ2v) is 5.25. The minimum atomic E-state index is -2.69. The maximum Gasteiger partial charge on any atom is 0.414 e. The Morgan fingerprint density at radius 1 is 0.816 bits per heavy atom. The van der Waals surface area contributed by atoms with Gasteiger partial charge in [-0.2, -0.15) is 35.7 Å². The molecule has 0 aliphatic carbocycles. The molecule has 4 unspecified atom stereocenters. The molecular weight excluding hydrogens is 792 g/mol. The monoisotopic (exact) mass is 813 g/mol. The molecule has 4 atom stereocenters. The van der Waals surface area contributed by atoms with Crippen molar-refractivity contribution < 1.29 is 111 Å². The number of quaternary nitrogens is 4. The van der Waals surface area contributed by atoms with Crippen LogP contribution in [-0.4, -0.2) is 50.9 Å². The third-order valence-corrected chi connectivity index (χ3v) is 3.48. The number of rotatable bonds is 19. The summed E-state index contributed by atoms with van der Waals surface area (Å²) in [6, 6.07) is 0. The maximum atomic E-state index is 5.20. The standard InChI is InChI=1S/C2H21I2N15O19/c1-20-16(27-8)34-15(33-14(26-7)32-13(22-3)25-6)35-19(30-11,37-17(21-2,28-9)36-16)38-18(23-4,29-10)31-12-24-5/h12H,5-11H2,1-2H3/q+4. The van der Waals surface area contributed by atoms with E-state index in [4.69, 9.17) is 80.6 Å². The second-order valence-electron chi connectivity index (χ2n) is 4.46. The van der Waals surface area contributed by atoms with Crippen LogP contribution in [0.15, 0.2) is 0 Å². The molecule has 1 aliphatic rings. The molecule has 0 spiro atoms. The van der Waals surface area contributed by atoms with Gasteiger partial charge in [-0.05, 0) is 3.17 Å². The highest BCUT2D eigenvalue weighted by Crippen LogP contribution is 2.33. The fraction of sp³-hybridized carbons (Fsp3) is 1.00. The van der Waals surface area contributed by atoms with E-state index < -0.39 is 25.9 Å². The first kappa shape index (κ1) is 36.1. The van der Waals surface area contributed by atoms with E-state index in [1.807, 2.05) is 0 Å². The van der Waals surface area contributed by atoms with Crippen molar-refractivity contribution in [2.75, 3.05) is 14.2 Å². The first-order valence-electron chi connectivity index (χ1n) is 7.75. The van der Waals surface area contributed by atoms with E-state index in [0.29, 0.717) is 0 Å². The van der Waals surface area contributed by atoms with Gasteiger partial charge in [-0.15, -0.1) is 23.6 Å². The molecule has 228 valence electrons. The number of nitrogens with one attached hydrogen (secondary N) is 1. The Kier molecular flexibility index (Phi) is 16.3. The van der Waals surface area contributed by atoms with E-state index in [1.54, 1.807) is 0 Å². The molecule has 34 nitrogen and oxygen atoms in total. The summed E-state index contributed by atoms with van der Waals surface area (Å²) in [4.78, 5) is 77.9. The highest BCUT2D eigenvalue weighted by Gasteiger charge is 2.77. The summed E-state index contributed by atoms with van der Waals surface area (Å²) in [6.45, 7) is 0. The summed E-state index contributed by atoms with van der Waals surface area (Å²) in [5, 5.41) is -10.4. The Bertz CT molecular complexity index is 641. The molecule has 1 heterocycles. The van der Waals surface area contributed by atoms with Gasteiger partial charge in [-0.25, -0.2) is 0 Å². The molecule has 0 aromatic carbocycles. The molecule has 0 aromatic rings. The van der Waals surface area contributed by atoms with Crippen LogP contribution in [0.2, 0.25) is 0 Å². The lowest BCUT2D eigenvalue weighted by Crippen LogP contribution is -2.73. The predicted octanol–water partition coefficient (Wildman–Crippen LogP) is -6.14. The van der Waals surface area contributed by atoms with Crippen molar-refractivity contribution in [3.8, 4) is 0 Å². The Labute approximate surface area is 233 Å². The lowest BCUT2D eigenvalue weighted by Gasteiger charge is -2.31. The van der Waals surface area contributed by atoms with Gasteiger partial charge in [0.05, 0.1) is 9.88 Å². The van der Waals surface area contributed by atoms with Crippen LogP contribution >= 0.6 is 46.0 Å². The third-order valence-electron chi connectivity index (χ3n) is 2.67. The zero-order valence-corrected chi connectivity index (χ0v) is 22.5. The summed E-state index contributed by atoms with van der Waals surface area (Å²) in [6.07, 6.45) is 0. The molecule has 0 radical (unpaired) electrons. The van der Waals surface area contributed by atoms with Gasteiger partial charge in [0.25, 0.3) is 0 Å². The normalized spacial score (nSPS) is 29.0. The highest BCUT2D eigenvalue weighted by atomic mass is 127. The van der Waals surface area contributed by atoms with Crippen LogP contribution in [0.25, 0.3) is 0 Å². The van der Waals surface area contributed by atoms with E-state index in [9.17, 15) is 0 Å². The van der Waals surface area contributed by atoms with E-state index in [0.717, 1.165) is 37.2 Å². The molecule has 1 fully saturated rings. The van der Waals surface area contributed by atoms with Gasteiger partial charge >= 0.3 is 20.5 Å². The van der Waals surface area contributed by atoms with E-state index in [1.165, 1.54) is 28.6 Å². The van der Waals surface area contributed by atoms with Gasteiger partial charge in [0, 0.05) is 30.3 Å². The minimum Gasteiger partial charge on any atom is -0.193 e. The quantitative estimate of drug-likeness (QED) is 0.0342. The number of halogens is 2. The average molecular weight is 813 g/mol. The van der Waals surface area contributed by atoms with Gasteiger partial charge in [-0.1, -0.05) is 19.6 Å². The summed E-state index contributed by atoms with van der Waals surface area (Å²) in [5.41, 5.74) is 1.52. The molecule has 0 saturated carbocycles. The molecule has 0 bridgehead atoms. The van der Waals surface area contributed by atoms with Crippen LogP contribution < -0.4 is 46.9 Å². The van der Waals surface area contributed by atoms with Crippen molar-refractivity contribution >= 4 is 46.0 Å². The second kappa shape index (κ2) is 17.1. The van der Waals surface area contributed by atoms with Crippen LogP contribution in [-0.2, 0) is 90.1 Å². The Hall–Kier alpha value is 0.100. The first-order valence-corrected chi connectivity index (χ1v) is 9.51. The van der Waals surface area contributed by atoms with Crippen molar-refractivity contribution in [1.29, 1.82) is 0 Å². The van der Waals surface area contributed by atoms with Gasteiger partial charge in [-0.3, -0.25) is 0 Å². The largest absolute Gasteiger partial charge is 0.414 e. The van der Waals surface area contributed by atoms with Crippen molar-refractivity contribution in [3.05, 3.63) is 0 Å². The van der Waals surface area contributed by atoms with Crippen LogP contribution in [0.3, 0.4) is 0 Å². The molecule has 0 amide bonds. The summed E-state index contributed by atoms with van der Waals surface area (Å²) in [7, 11) is 1.63. The summed E-state index contributed by atoms with van der Waals surface area (Å²) >= 11 is 2.28. The van der Waals surface area contributed by atoms with Gasteiger partial charge < -0.3 is 0 Å². The lowest BCUT2D eigenvalue weighted by atomic mass is 11.7. The lowest BCUT2D eigenvalue weighted by molar-refractivity contribution is -1.79.